The Labute approximate surface area is 230 Å². The van der Waals surface area contributed by atoms with E-state index in [2.05, 4.69) is 58.4 Å². The summed E-state index contributed by atoms with van der Waals surface area (Å²) >= 11 is 0. The van der Waals surface area contributed by atoms with Gasteiger partial charge in [0, 0.05) is 41.3 Å². The molecule has 0 bridgehead atoms. The first-order valence-corrected chi connectivity index (χ1v) is 12.9. The number of halogens is 2. The first kappa shape index (κ1) is 27.1. The minimum Gasteiger partial charge on any atom is -0.383 e. The summed E-state index contributed by atoms with van der Waals surface area (Å²) in [6.07, 6.45) is 4.29. The molecule has 0 saturated heterocycles. The fraction of sp³-hybridized carbons (Fsp3) is 0.357. The number of aryl methyl sites for hydroxylation is 1. The minimum atomic E-state index is -0.836. The van der Waals surface area contributed by atoms with Gasteiger partial charge in [0.05, 0.1) is 23.0 Å². The number of benzene rings is 1. The van der Waals surface area contributed by atoms with Gasteiger partial charge in [0.2, 0.25) is 11.9 Å². The second-order valence-corrected chi connectivity index (χ2v) is 11.4. The number of pyridine rings is 2. The second kappa shape index (κ2) is 9.91. The van der Waals surface area contributed by atoms with Gasteiger partial charge in [0.1, 0.15) is 17.1 Å². The summed E-state index contributed by atoms with van der Waals surface area (Å²) in [5.74, 6) is -1.65. The zero-order valence-electron chi connectivity index (χ0n) is 22.7. The Kier molecular flexibility index (Phi) is 6.71. The van der Waals surface area contributed by atoms with Crippen LogP contribution in [0.1, 0.15) is 56.5 Å². The van der Waals surface area contributed by atoms with Gasteiger partial charge in [-0.05, 0) is 43.4 Å². The van der Waals surface area contributed by atoms with Crippen molar-refractivity contribution in [3.8, 4) is 6.07 Å². The third-order valence-corrected chi connectivity index (χ3v) is 7.10. The van der Waals surface area contributed by atoms with Gasteiger partial charge in [-0.3, -0.25) is 14.8 Å². The number of primary amides is 1. The highest BCUT2D eigenvalue weighted by Crippen LogP contribution is 2.43. The molecular weight excluding hydrogens is 516 g/mol. The highest BCUT2D eigenvalue weighted by Gasteiger charge is 2.54. The molecule has 1 aliphatic carbocycles. The molecule has 5 rings (SSSR count). The van der Waals surface area contributed by atoms with Gasteiger partial charge in [-0.15, -0.1) is 5.53 Å². The van der Waals surface area contributed by atoms with Crippen LogP contribution in [0, 0.1) is 35.4 Å². The summed E-state index contributed by atoms with van der Waals surface area (Å²) < 4.78 is 29.3. The lowest BCUT2D eigenvalue weighted by Gasteiger charge is -2.24. The van der Waals surface area contributed by atoms with Crippen molar-refractivity contribution < 1.29 is 13.6 Å². The molecule has 1 saturated carbocycles. The van der Waals surface area contributed by atoms with Crippen LogP contribution in [0.25, 0.3) is 10.9 Å². The van der Waals surface area contributed by atoms with Gasteiger partial charge in [-0.1, -0.05) is 26.8 Å². The van der Waals surface area contributed by atoms with Crippen LogP contribution < -0.4 is 27.3 Å². The van der Waals surface area contributed by atoms with Gasteiger partial charge in [-0.2, -0.15) is 9.65 Å². The Bertz CT molecular complexity index is 1570. The third-order valence-electron chi connectivity index (χ3n) is 7.10. The van der Waals surface area contributed by atoms with Crippen molar-refractivity contribution in [1.29, 1.82) is 5.26 Å². The second-order valence-electron chi connectivity index (χ2n) is 11.4. The maximum absolute atomic E-state index is 15.4. The molecule has 0 spiro atoms. The SMILES string of the molecule is Cc1nc(F)ccc1[C@H](Nc1cc(F)c2ncc(C#N)c(NCC(C)(C)C)c2c1)C1=CN(C2(C(N)=O)CC2)NN1. The smallest absolute Gasteiger partial charge is 0.244 e. The van der Waals surface area contributed by atoms with Crippen LogP contribution in [-0.2, 0) is 4.79 Å². The molecule has 1 aromatic carbocycles. The molecule has 6 N–H and O–H groups in total. The number of nitriles is 1. The maximum atomic E-state index is 15.4. The van der Waals surface area contributed by atoms with Gasteiger partial charge < -0.3 is 21.8 Å². The van der Waals surface area contributed by atoms with Crippen LogP contribution in [0.5, 0.6) is 0 Å². The number of rotatable bonds is 8. The van der Waals surface area contributed by atoms with Gasteiger partial charge in [-0.25, -0.2) is 9.37 Å². The van der Waals surface area contributed by atoms with Crippen LogP contribution in [0.3, 0.4) is 0 Å². The van der Waals surface area contributed by atoms with Crippen molar-refractivity contribution in [3.05, 3.63) is 70.9 Å². The zero-order chi connectivity index (χ0) is 28.8. The molecule has 1 aliphatic heterocycles. The lowest BCUT2D eigenvalue weighted by Crippen LogP contribution is -2.51. The Morgan fingerprint density at radius 3 is 2.67 bits per heavy atom. The van der Waals surface area contributed by atoms with Crippen molar-refractivity contribution >= 4 is 28.2 Å². The molecule has 1 amide bonds. The summed E-state index contributed by atoms with van der Waals surface area (Å²) in [5.41, 5.74) is 13.7. The molecule has 1 atom stereocenters. The number of nitrogens with two attached hydrogens (primary N) is 1. The molecule has 40 heavy (non-hydrogen) atoms. The highest BCUT2D eigenvalue weighted by molar-refractivity contribution is 5.96. The molecule has 2 aliphatic rings. The normalized spacial score (nSPS) is 16.6. The van der Waals surface area contributed by atoms with E-state index in [9.17, 15) is 14.4 Å². The first-order valence-electron chi connectivity index (χ1n) is 12.9. The molecule has 10 nitrogen and oxygen atoms in total. The third kappa shape index (κ3) is 5.08. The summed E-state index contributed by atoms with van der Waals surface area (Å²) in [6.45, 7) is 8.38. The Morgan fingerprint density at radius 2 is 2.05 bits per heavy atom. The van der Waals surface area contributed by atoms with E-state index in [1.54, 1.807) is 30.3 Å². The number of aromatic nitrogens is 2. The summed E-state index contributed by atoms with van der Waals surface area (Å²) in [4.78, 5) is 20.3. The van der Waals surface area contributed by atoms with Gasteiger partial charge in [0.15, 0.2) is 5.82 Å². The molecule has 2 aromatic heterocycles. The summed E-state index contributed by atoms with van der Waals surface area (Å²) in [7, 11) is 0. The highest BCUT2D eigenvalue weighted by atomic mass is 19.1. The van der Waals surface area contributed by atoms with Crippen LogP contribution in [0.15, 0.2) is 42.4 Å². The predicted molar refractivity (Wildman–Crippen MR) is 147 cm³/mol. The number of nitrogens with zero attached hydrogens (tertiary/aromatic N) is 4. The number of hydrogen-bond acceptors (Lipinski definition) is 9. The molecule has 3 aromatic rings. The molecule has 1 fully saturated rings. The maximum Gasteiger partial charge on any atom is 0.244 e. The van der Waals surface area contributed by atoms with E-state index >= 15 is 4.39 Å². The molecular formula is C28H31F2N9O. The van der Waals surface area contributed by atoms with Crippen molar-refractivity contribution in [3.63, 3.8) is 0 Å². The minimum absolute atomic E-state index is 0.0990. The summed E-state index contributed by atoms with van der Waals surface area (Å²) in [6, 6.07) is 7.39. The van der Waals surface area contributed by atoms with E-state index in [4.69, 9.17) is 5.73 Å². The first-order chi connectivity index (χ1) is 18.9. The lowest BCUT2D eigenvalue weighted by atomic mass is 9.96. The van der Waals surface area contributed by atoms with E-state index in [0.29, 0.717) is 58.7 Å². The molecule has 0 radical (unpaired) electrons. The number of hydrogen-bond donors (Lipinski definition) is 5. The summed E-state index contributed by atoms with van der Waals surface area (Å²) in [5, 5.41) is 18.4. The van der Waals surface area contributed by atoms with Crippen LogP contribution in [-0.4, -0.2) is 33.0 Å². The Balaban J connectivity index is 1.58. The molecule has 0 unspecified atom stereocenters. The average molecular weight is 548 g/mol. The molecule has 12 heteroatoms. The van der Waals surface area contributed by atoms with Crippen molar-refractivity contribution in [2.75, 3.05) is 17.2 Å². The fourth-order valence-electron chi connectivity index (χ4n) is 4.74. The zero-order valence-corrected chi connectivity index (χ0v) is 22.7. The van der Waals surface area contributed by atoms with Crippen LogP contribution >= 0.6 is 0 Å². The van der Waals surface area contributed by atoms with E-state index in [0.717, 1.165) is 0 Å². The Morgan fingerprint density at radius 1 is 1.30 bits per heavy atom. The van der Waals surface area contributed by atoms with Crippen molar-refractivity contribution in [1.82, 2.24) is 25.9 Å². The van der Waals surface area contributed by atoms with Crippen LogP contribution in [0.4, 0.5) is 20.2 Å². The number of carbonyl (C=O) groups is 1. The number of fused-ring (bicyclic) bond motifs is 1. The monoisotopic (exact) mass is 547 g/mol. The standard InChI is InChI=1S/C28H31F2N9O/c1-15-18(5-6-22(30)35-15)25(21-13-39(38-37-21)28(7-8-28)26(32)40)36-17-9-19-23(34-14-27(2,3)4)16(11-31)12-33-24(19)20(29)10-17/h5-6,9-10,12-13,25,36-38H,7-8,14H2,1-4H3,(H2,32,40)(H,33,34)/t25-/m0/s1. The van der Waals surface area contributed by atoms with Gasteiger partial charge >= 0.3 is 0 Å². The Hall–Kier alpha value is -4.50. The van der Waals surface area contributed by atoms with Crippen molar-refractivity contribution in [2.45, 2.75) is 52.1 Å². The number of amides is 1. The molecule has 208 valence electrons. The van der Waals surface area contributed by atoms with E-state index in [-0.39, 0.29) is 10.9 Å². The van der Waals surface area contributed by atoms with E-state index < -0.39 is 29.3 Å². The van der Waals surface area contributed by atoms with Crippen LogP contribution in [0.2, 0.25) is 0 Å². The fourth-order valence-corrected chi connectivity index (χ4v) is 4.74. The van der Waals surface area contributed by atoms with E-state index in [1.807, 2.05) is 0 Å². The number of nitrogens with one attached hydrogen (secondary N) is 4. The number of anilines is 2. The number of carbonyl (C=O) groups excluding carboxylic acids is 1. The van der Waals surface area contributed by atoms with E-state index in [1.165, 1.54) is 18.3 Å². The topological polar surface area (TPSA) is 144 Å². The lowest BCUT2D eigenvalue weighted by molar-refractivity contribution is -0.124. The number of hydrazine groups is 2. The average Bonchev–Trinajstić information content (AvgIpc) is 3.56. The van der Waals surface area contributed by atoms with Crippen molar-refractivity contribution in [2.24, 2.45) is 11.1 Å². The predicted octanol–water partition coefficient (Wildman–Crippen LogP) is 3.88. The quantitative estimate of drug-likeness (QED) is 0.265. The largest absolute Gasteiger partial charge is 0.383 e. The van der Waals surface area contributed by atoms with Gasteiger partial charge in [0.25, 0.3) is 0 Å². The molecule has 3 heterocycles.